The summed E-state index contributed by atoms with van der Waals surface area (Å²) in [6.07, 6.45) is 1.61. The largest absolute Gasteiger partial charge is 0.248 e. The van der Waals surface area contributed by atoms with Crippen molar-refractivity contribution in [3.05, 3.63) is 40.4 Å². The Labute approximate surface area is 120 Å². The zero-order valence-corrected chi connectivity index (χ0v) is 12.2. The lowest BCUT2D eigenvalue weighted by molar-refractivity contribution is 0.753. The summed E-state index contributed by atoms with van der Waals surface area (Å²) in [5.41, 5.74) is 0. The first-order valence-corrected chi connectivity index (χ1v) is 6.95. The molecule has 0 aromatic carbocycles. The zero-order chi connectivity index (χ0) is 13.1. The molecule has 18 heavy (non-hydrogen) atoms. The van der Waals surface area contributed by atoms with Crippen LogP contribution in [0.1, 0.15) is 25.6 Å². The molecule has 2 aromatic rings. The van der Waals surface area contributed by atoms with Crippen LogP contribution < -0.4 is 0 Å². The van der Waals surface area contributed by atoms with Crippen molar-refractivity contribution in [2.24, 2.45) is 0 Å². The Hall–Kier alpha value is -0.840. The van der Waals surface area contributed by atoms with Gasteiger partial charge in [-0.25, -0.2) is 15.0 Å². The quantitative estimate of drug-likeness (QED) is 0.785. The fourth-order valence-corrected chi connectivity index (χ4v) is 2.39. The van der Waals surface area contributed by atoms with Gasteiger partial charge in [0.15, 0.2) is 0 Å². The second kappa shape index (κ2) is 5.87. The van der Waals surface area contributed by atoms with Gasteiger partial charge in [-0.2, -0.15) is 0 Å². The van der Waals surface area contributed by atoms with Gasteiger partial charge >= 0.3 is 0 Å². The molecular formula is C12H11Cl2N3S. The molecule has 2 rings (SSSR count). The van der Waals surface area contributed by atoms with Crippen LogP contribution in [0, 0.1) is 0 Å². The average Bonchev–Trinajstić information content (AvgIpc) is 2.31. The summed E-state index contributed by atoms with van der Waals surface area (Å²) in [7, 11) is 0. The molecule has 0 saturated heterocycles. The van der Waals surface area contributed by atoms with Crippen LogP contribution in [0.25, 0.3) is 0 Å². The molecule has 0 aliphatic heterocycles. The maximum Gasteiger partial charge on any atom is 0.133 e. The highest BCUT2D eigenvalue weighted by Crippen LogP contribution is 2.27. The second-order valence-corrected chi connectivity index (χ2v) is 5.82. The predicted octanol–water partition coefficient (Wildman–Crippen LogP) is 4.45. The highest BCUT2D eigenvalue weighted by atomic mass is 35.5. The summed E-state index contributed by atoms with van der Waals surface area (Å²) in [6, 6.07) is 5.37. The van der Waals surface area contributed by atoms with Gasteiger partial charge in [0.05, 0.1) is 5.02 Å². The van der Waals surface area contributed by atoms with Crippen molar-refractivity contribution in [1.82, 2.24) is 15.0 Å². The molecule has 0 atom stereocenters. The van der Waals surface area contributed by atoms with Gasteiger partial charge in [-0.05, 0) is 23.9 Å². The summed E-state index contributed by atoms with van der Waals surface area (Å²) in [5.74, 6) is 0.972. The van der Waals surface area contributed by atoms with Crippen molar-refractivity contribution in [2.75, 3.05) is 0 Å². The summed E-state index contributed by atoms with van der Waals surface area (Å²) in [6.45, 7) is 4.06. The van der Waals surface area contributed by atoms with Crippen molar-refractivity contribution < 1.29 is 0 Å². The lowest BCUT2D eigenvalue weighted by atomic mass is 10.2. The van der Waals surface area contributed by atoms with Crippen LogP contribution in [-0.4, -0.2) is 15.0 Å². The third-order valence-corrected chi connectivity index (χ3v) is 3.40. The molecule has 2 aromatic heterocycles. The molecule has 0 N–H and O–H groups in total. The topological polar surface area (TPSA) is 38.7 Å². The van der Waals surface area contributed by atoms with E-state index in [1.165, 1.54) is 11.8 Å². The van der Waals surface area contributed by atoms with Crippen molar-refractivity contribution in [3.63, 3.8) is 0 Å². The van der Waals surface area contributed by atoms with E-state index in [0.717, 1.165) is 15.9 Å². The van der Waals surface area contributed by atoms with E-state index in [9.17, 15) is 0 Å². The Balaban J connectivity index is 2.26. The Morgan fingerprint density at radius 2 is 1.89 bits per heavy atom. The molecule has 94 valence electrons. The number of pyridine rings is 1. The van der Waals surface area contributed by atoms with E-state index >= 15 is 0 Å². The number of hydrogen-bond acceptors (Lipinski definition) is 4. The van der Waals surface area contributed by atoms with Crippen LogP contribution in [0.2, 0.25) is 10.2 Å². The van der Waals surface area contributed by atoms with Crippen molar-refractivity contribution in [2.45, 2.75) is 29.8 Å². The fourth-order valence-electron chi connectivity index (χ4n) is 1.25. The molecular weight excluding hydrogens is 289 g/mol. The molecule has 0 bridgehead atoms. The highest BCUT2D eigenvalue weighted by molar-refractivity contribution is 7.99. The normalized spacial score (nSPS) is 10.9. The van der Waals surface area contributed by atoms with E-state index in [-0.39, 0.29) is 5.92 Å². The monoisotopic (exact) mass is 299 g/mol. The number of rotatable bonds is 3. The van der Waals surface area contributed by atoms with Gasteiger partial charge in [-0.3, -0.25) is 0 Å². The van der Waals surface area contributed by atoms with Crippen molar-refractivity contribution >= 4 is 35.0 Å². The SMILES string of the molecule is CC(C)c1nc(Cl)cc(Sc2ccc(Cl)cn2)n1. The third-order valence-electron chi connectivity index (χ3n) is 2.11. The highest BCUT2D eigenvalue weighted by Gasteiger charge is 2.08. The number of aromatic nitrogens is 3. The summed E-state index contributed by atoms with van der Waals surface area (Å²) in [4.78, 5) is 12.8. The lowest BCUT2D eigenvalue weighted by Crippen LogP contribution is -1.98. The van der Waals surface area contributed by atoms with Crippen LogP contribution in [0.15, 0.2) is 34.4 Å². The third kappa shape index (κ3) is 3.57. The van der Waals surface area contributed by atoms with Crippen LogP contribution in [-0.2, 0) is 0 Å². The number of halogens is 2. The Morgan fingerprint density at radius 1 is 1.11 bits per heavy atom. The second-order valence-electron chi connectivity index (χ2n) is 3.96. The molecule has 0 radical (unpaired) electrons. The fraction of sp³-hybridized carbons (Fsp3) is 0.250. The van der Waals surface area contributed by atoms with E-state index in [1.54, 1.807) is 18.3 Å². The van der Waals surface area contributed by atoms with Gasteiger partial charge in [-0.15, -0.1) is 0 Å². The lowest BCUT2D eigenvalue weighted by Gasteiger charge is -2.06. The molecule has 0 spiro atoms. The standard InChI is InChI=1S/C12H11Cl2N3S/c1-7(2)12-16-9(14)5-11(17-12)18-10-4-3-8(13)6-15-10/h3-7H,1-2H3. The minimum atomic E-state index is 0.237. The Bertz CT molecular complexity index is 544. The predicted molar refractivity (Wildman–Crippen MR) is 74.5 cm³/mol. The summed E-state index contributed by atoms with van der Waals surface area (Å²) < 4.78 is 0. The van der Waals surface area contributed by atoms with E-state index < -0.39 is 0 Å². The van der Waals surface area contributed by atoms with Gasteiger partial charge < -0.3 is 0 Å². The van der Waals surface area contributed by atoms with E-state index in [1.807, 2.05) is 19.9 Å². The van der Waals surface area contributed by atoms with Gasteiger partial charge in [0.1, 0.15) is 21.0 Å². The van der Waals surface area contributed by atoms with Crippen molar-refractivity contribution in [3.8, 4) is 0 Å². The Kier molecular flexibility index (Phi) is 4.43. The Morgan fingerprint density at radius 3 is 2.50 bits per heavy atom. The molecule has 0 fully saturated rings. The van der Waals surface area contributed by atoms with Crippen LogP contribution >= 0.6 is 35.0 Å². The first-order chi connectivity index (χ1) is 8.54. The smallest absolute Gasteiger partial charge is 0.133 e. The molecule has 6 heteroatoms. The molecule has 0 aliphatic rings. The average molecular weight is 300 g/mol. The first kappa shape index (κ1) is 13.6. The van der Waals surface area contributed by atoms with Crippen LogP contribution in [0.3, 0.4) is 0 Å². The summed E-state index contributed by atoms with van der Waals surface area (Å²) in [5, 5.41) is 2.67. The molecule has 0 saturated carbocycles. The minimum absolute atomic E-state index is 0.237. The van der Waals surface area contributed by atoms with Gasteiger partial charge in [0.25, 0.3) is 0 Å². The molecule has 3 nitrogen and oxygen atoms in total. The van der Waals surface area contributed by atoms with E-state index in [2.05, 4.69) is 15.0 Å². The van der Waals surface area contributed by atoms with E-state index in [0.29, 0.717) is 10.2 Å². The zero-order valence-electron chi connectivity index (χ0n) is 9.89. The maximum absolute atomic E-state index is 5.98. The molecule has 2 heterocycles. The van der Waals surface area contributed by atoms with Crippen LogP contribution in [0.4, 0.5) is 0 Å². The number of hydrogen-bond donors (Lipinski definition) is 0. The maximum atomic E-state index is 5.98. The molecule has 0 unspecified atom stereocenters. The molecule has 0 aliphatic carbocycles. The van der Waals surface area contributed by atoms with Gasteiger partial charge in [-0.1, -0.05) is 37.0 Å². The first-order valence-electron chi connectivity index (χ1n) is 5.38. The molecule has 0 amide bonds. The summed E-state index contributed by atoms with van der Waals surface area (Å²) >= 11 is 13.2. The minimum Gasteiger partial charge on any atom is -0.248 e. The van der Waals surface area contributed by atoms with E-state index in [4.69, 9.17) is 23.2 Å². The number of nitrogens with zero attached hydrogens (tertiary/aromatic N) is 3. The van der Waals surface area contributed by atoms with Gasteiger partial charge in [0.2, 0.25) is 0 Å². The van der Waals surface area contributed by atoms with Crippen molar-refractivity contribution in [1.29, 1.82) is 0 Å². The van der Waals surface area contributed by atoms with Gasteiger partial charge in [0, 0.05) is 18.2 Å². The van der Waals surface area contributed by atoms with Crippen LogP contribution in [0.5, 0.6) is 0 Å².